The maximum atomic E-state index is 5.60. The molecule has 3 nitrogen and oxygen atoms in total. The Morgan fingerprint density at radius 2 is 2.11 bits per heavy atom. The maximum Gasteiger partial charge on any atom is 0.157 e. The number of hydrogen-bond acceptors (Lipinski definition) is 4. The Labute approximate surface area is 120 Å². The molecule has 2 rings (SSSR count). The Morgan fingerprint density at radius 3 is 2.68 bits per heavy atom. The molecule has 1 aromatic heterocycles. The highest BCUT2D eigenvalue weighted by atomic mass is 32.2. The number of nitrogens with one attached hydrogen (secondary N) is 1. The first-order valence-corrected chi connectivity index (χ1v) is 8.00. The number of rotatable bonds is 3. The van der Waals surface area contributed by atoms with Crippen molar-refractivity contribution in [2.24, 2.45) is 10.9 Å². The summed E-state index contributed by atoms with van der Waals surface area (Å²) in [6.45, 7) is 10.7. The number of aliphatic imine (C=N–C) groups is 1. The van der Waals surface area contributed by atoms with Crippen LogP contribution in [0.25, 0.3) is 0 Å². The Bertz CT molecular complexity index is 465. The van der Waals surface area contributed by atoms with Crippen molar-refractivity contribution in [3.8, 4) is 0 Å². The van der Waals surface area contributed by atoms with E-state index in [1.807, 2.05) is 25.6 Å². The molecule has 0 spiro atoms. The number of aryl methyl sites for hydroxylation is 2. The minimum Gasteiger partial charge on any atom is -0.466 e. The van der Waals surface area contributed by atoms with Gasteiger partial charge in [0.15, 0.2) is 5.17 Å². The van der Waals surface area contributed by atoms with Crippen LogP contribution in [-0.2, 0) is 0 Å². The molecule has 0 radical (unpaired) electrons. The summed E-state index contributed by atoms with van der Waals surface area (Å²) in [5, 5.41) is 4.61. The third-order valence-electron chi connectivity index (χ3n) is 3.59. The summed E-state index contributed by atoms with van der Waals surface area (Å²) in [5.74, 6) is 3.75. The Balaban J connectivity index is 2.06. The van der Waals surface area contributed by atoms with Crippen molar-refractivity contribution in [1.29, 1.82) is 0 Å². The molecule has 1 N–H and O–H groups in total. The van der Waals surface area contributed by atoms with Gasteiger partial charge in [0.2, 0.25) is 0 Å². The second-order valence-electron chi connectivity index (χ2n) is 5.62. The average Bonchev–Trinajstić information content (AvgIpc) is 2.69. The van der Waals surface area contributed by atoms with Crippen molar-refractivity contribution in [3.63, 3.8) is 0 Å². The minimum absolute atomic E-state index is 0.245. The highest BCUT2D eigenvalue weighted by Gasteiger charge is 2.21. The lowest BCUT2D eigenvalue weighted by Crippen LogP contribution is -2.30. The van der Waals surface area contributed by atoms with E-state index in [0.717, 1.165) is 22.4 Å². The van der Waals surface area contributed by atoms with Gasteiger partial charge in [-0.2, -0.15) is 0 Å². The van der Waals surface area contributed by atoms with Crippen LogP contribution >= 0.6 is 11.8 Å². The molecule has 0 aliphatic carbocycles. The number of furan rings is 1. The van der Waals surface area contributed by atoms with Crippen LogP contribution in [0.2, 0.25) is 0 Å². The van der Waals surface area contributed by atoms with Gasteiger partial charge in [-0.15, -0.1) is 0 Å². The van der Waals surface area contributed by atoms with Crippen LogP contribution in [0.3, 0.4) is 0 Å². The van der Waals surface area contributed by atoms with Gasteiger partial charge in [0.25, 0.3) is 0 Å². The van der Waals surface area contributed by atoms with Crippen molar-refractivity contribution in [2.45, 2.75) is 53.1 Å². The molecule has 0 aromatic carbocycles. The lowest BCUT2D eigenvalue weighted by molar-refractivity contribution is 0.480. The van der Waals surface area contributed by atoms with Crippen molar-refractivity contribution < 1.29 is 4.42 Å². The number of amidine groups is 1. The van der Waals surface area contributed by atoms with E-state index in [2.05, 4.69) is 32.2 Å². The van der Waals surface area contributed by atoms with Gasteiger partial charge >= 0.3 is 0 Å². The van der Waals surface area contributed by atoms with Gasteiger partial charge < -0.3 is 9.73 Å². The minimum atomic E-state index is 0.245. The molecule has 4 heteroatoms. The maximum absolute atomic E-state index is 5.60. The quantitative estimate of drug-likeness (QED) is 0.907. The monoisotopic (exact) mass is 280 g/mol. The van der Waals surface area contributed by atoms with Gasteiger partial charge in [-0.25, -0.2) is 0 Å². The van der Waals surface area contributed by atoms with Gasteiger partial charge in [-0.1, -0.05) is 25.6 Å². The van der Waals surface area contributed by atoms with E-state index < -0.39 is 0 Å². The number of hydrogen-bond donors (Lipinski definition) is 1. The second-order valence-corrected chi connectivity index (χ2v) is 6.70. The summed E-state index contributed by atoms with van der Waals surface area (Å²) < 4.78 is 5.60. The Morgan fingerprint density at radius 1 is 1.37 bits per heavy atom. The van der Waals surface area contributed by atoms with Gasteiger partial charge in [0.1, 0.15) is 11.5 Å². The molecule has 1 aliphatic heterocycles. The largest absolute Gasteiger partial charge is 0.466 e. The van der Waals surface area contributed by atoms with Crippen molar-refractivity contribution in [1.82, 2.24) is 5.32 Å². The number of thioether (sulfide) groups is 1. The van der Waals surface area contributed by atoms with Crippen LogP contribution in [0.15, 0.2) is 15.5 Å². The highest BCUT2D eigenvalue weighted by molar-refractivity contribution is 8.13. The highest BCUT2D eigenvalue weighted by Crippen LogP contribution is 2.25. The van der Waals surface area contributed by atoms with Gasteiger partial charge in [0.05, 0.1) is 12.1 Å². The van der Waals surface area contributed by atoms with Crippen LogP contribution < -0.4 is 5.32 Å². The van der Waals surface area contributed by atoms with E-state index in [-0.39, 0.29) is 6.04 Å². The summed E-state index contributed by atoms with van der Waals surface area (Å²) in [6, 6.07) is 2.82. The summed E-state index contributed by atoms with van der Waals surface area (Å²) >= 11 is 1.83. The molecule has 0 bridgehead atoms. The van der Waals surface area contributed by atoms with E-state index >= 15 is 0 Å². The zero-order chi connectivity index (χ0) is 14.0. The SMILES string of the molecule is Cc1cc(C(C)NC2=NC(C(C)C)CCS2)c(C)o1. The molecule has 0 fully saturated rings. The van der Waals surface area contributed by atoms with E-state index in [1.54, 1.807) is 0 Å². The lowest BCUT2D eigenvalue weighted by Gasteiger charge is -2.25. The zero-order valence-corrected chi connectivity index (χ0v) is 13.3. The van der Waals surface area contributed by atoms with Crippen LogP contribution in [0.5, 0.6) is 0 Å². The first-order valence-electron chi connectivity index (χ1n) is 7.01. The van der Waals surface area contributed by atoms with Crippen molar-refractivity contribution >= 4 is 16.9 Å². The van der Waals surface area contributed by atoms with E-state index in [0.29, 0.717) is 12.0 Å². The standard InChI is InChI=1S/C15H24N2OS/c1-9(2)14-6-7-19-15(17-14)16-11(4)13-8-10(3)18-12(13)5/h8-9,11,14H,6-7H2,1-5H3,(H,16,17). The first kappa shape index (κ1) is 14.5. The second kappa shape index (κ2) is 6.04. The molecule has 19 heavy (non-hydrogen) atoms. The average molecular weight is 280 g/mol. The van der Waals surface area contributed by atoms with E-state index in [1.165, 1.54) is 12.0 Å². The summed E-state index contributed by atoms with van der Waals surface area (Å²) in [6.07, 6.45) is 1.19. The molecule has 0 amide bonds. The van der Waals surface area contributed by atoms with Crippen molar-refractivity contribution in [2.75, 3.05) is 5.75 Å². The van der Waals surface area contributed by atoms with Crippen LogP contribution in [0.1, 0.15) is 50.3 Å². The third-order valence-corrected chi connectivity index (χ3v) is 4.53. The molecular weight excluding hydrogens is 256 g/mol. The summed E-state index contributed by atoms with van der Waals surface area (Å²) in [5.41, 5.74) is 1.23. The fourth-order valence-electron chi connectivity index (χ4n) is 2.43. The zero-order valence-electron chi connectivity index (χ0n) is 12.5. The summed E-state index contributed by atoms with van der Waals surface area (Å²) in [4.78, 5) is 4.82. The molecular formula is C15H24N2OS. The first-order chi connectivity index (χ1) is 8.97. The Kier molecular flexibility index (Phi) is 4.61. The molecule has 1 aromatic rings. The van der Waals surface area contributed by atoms with E-state index in [9.17, 15) is 0 Å². The van der Waals surface area contributed by atoms with E-state index in [4.69, 9.17) is 9.41 Å². The van der Waals surface area contributed by atoms with Crippen LogP contribution in [-0.4, -0.2) is 17.0 Å². The van der Waals surface area contributed by atoms with Crippen LogP contribution in [0, 0.1) is 19.8 Å². The normalized spacial score (nSPS) is 21.4. The smallest absolute Gasteiger partial charge is 0.157 e. The molecule has 2 atom stereocenters. The number of nitrogens with zero attached hydrogens (tertiary/aromatic N) is 1. The fraction of sp³-hybridized carbons (Fsp3) is 0.667. The third kappa shape index (κ3) is 3.56. The molecule has 0 saturated carbocycles. The van der Waals surface area contributed by atoms with Gasteiger partial charge in [-0.05, 0) is 39.2 Å². The topological polar surface area (TPSA) is 37.5 Å². The van der Waals surface area contributed by atoms with Gasteiger partial charge in [0, 0.05) is 11.3 Å². The lowest BCUT2D eigenvalue weighted by atomic mass is 10.0. The fourth-order valence-corrected chi connectivity index (χ4v) is 3.46. The molecule has 0 saturated heterocycles. The Hall–Kier alpha value is -0.900. The van der Waals surface area contributed by atoms with Gasteiger partial charge in [-0.3, -0.25) is 4.99 Å². The molecule has 1 aliphatic rings. The van der Waals surface area contributed by atoms with Crippen molar-refractivity contribution in [3.05, 3.63) is 23.2 Å². The van der Waals surface area contributed by atoms with Crippen LogP contribution in [0.4, 0.5) is 0 Å². The molecule has 106 valence electrons. The summed E-state index contributed by atoms with van der Waals surface area (Å²) in [7, 11) is 0. The molecule has 2 heterocycles. The molecule has 2 unspecified atom stereocenters. The predicted octanol–water partition coefficient (Wildman–Crippen LogP) is 4.06. The predicted molar refractivity (Wildman–Crippen MR) is 82.9 cm³/mol.